The van der Waals surface area contributed by atoms with Crippen LogP contribution in [0.5, 0.6) is 0 Å². The van der Waals surface area contributed by atoms with Crippen LogP contribution in [0.4, 0.5) is 0 Å². The lowest BCUT2D eigenvalue weighted by molar-refractivity contribution is -0.127. The van der Waals surface area contributed by atoms with Crippen molar-refractivity contribution in [2.24, 2.45) is 0 Å². The first-order valence-electron chi connectivity index (χ1n) is 7.70. The van der Waals surface area contributed by atoms with Crippen molar-refractivity contribution >= 4 is 23.6 Å². The summed E-state index contributed by atoms with van der Waals surface area (Å²) >= 11 is 1.19. The van der Waals surface area contributed by atoms with Gasteiger partial charge in [0.05, 0.1) is 12.3 Å². The fourth-order valence-corrected chi connectivity index (χ4v) is 2.69. The van der Waals surface area contributed by atoms with Crippen molar-refractivity contribution in [3.8, 4) is 0 Å². The Hall–Kier alpha value is -2.35. The number of aromatic nitrogens is 2. The summed E-state index contributed by atoms with van der Waals surface area (Å²) in [7, 11) is 0. The number of carbonyl (C=O) groups is 2. The molecule has 2 rings (SSSR count). The molecule has 1 aromatic carbocycles. The predicted octanol–water partition coefficient (Wildman–Crippen LogP) is 1.96. The highest BCUT2D eigenvalue weighted by Gasteiger charge is 2.14. The smallest absolute Gasteiger partial charge is 0.277 e. The average molecular weight is 348 g/mol. The molecular formula is C16H20N4O3S. The van der Waals surface area contributed by atoms with Crippen molar-refractivity contribution in [3.05, 3.63) is 41.8 Å². The van der Waals surface area contributed by atoms with Crippen LogP contribution in [-0.4, -0.2) is 45.8 Å². The monoisotopic (exact) mass is 348 g/mol. The predicted molar refractivity (Wildman–Crippen MR) is 90.6 cm³/mol. The number of rotatable bonds is 8. The number of nitrogens with zero attached hydrogens (tertiary/aromatic N) is 3. The fraction of sp³-hybridized carbons (Fsp3) is 0.375. The molecule has 1 aromatic heterocycles. The molecule has 0 spiro atoms. The van der Waals surface area contributed by atoms with Crippen molar-refractivity contribution in [1.82, 2.24) is 20.4 Å². The van der Waals surface area contributed by atoms with E-state index in [0.717, 1.165) is 0 Å². The van der Waals surface area contributed by atoms with Gasteiger partial charge in [0.1, 0.15) is 0 Å². The molecule has 1 N–H and O–H groups in total. The highest BCUT2D eigenvalue weighted by molar-refractivity contribution is 7.99. The molecule has 0 unspecified atom stereocenters. The van der Waals surface area contributed by atoms with Gasteiger partial charge in [-0.3, -0.25) is 9.59 Å². The van der Waals surface area contributed by atoms with Crippen LogP contribution in [0.15, 0.2) is 40.0 Å². The number of hydrogen-bond donors (Lipinski definition) is 1. The Bertz CT molecular complexity index is 671. The Morgan fingerprint density at radius 1 is 1.17 bits per heavy atom. The van der Waals surface area contributed by atoms with E-state index in [1.807, 2.05) is 19.9 Å². The van der Waals surface area contributed by atoms with Crippen molar-refractivity contribution in [3.63, 3.8) is 0 Å². The quantitative estimate of drug-likeness (QED) is 0.734. The third kappa shape index (κ3) is 5.09. The summed E-state index contributed by atoms with van der Waals surface area (Å²) in [5.41, 5.74) is 0.566. The van der Waals surface area contributed by atoms with E-state index < -0.39 is 0 Å². The molecule has 24 heavy (non-hydrogen) atoms. The standard InChI is InChI=1S/C16H20N4O3S/c1-3-20(4-2)14(21)11-24-16-19-18-13(23-16)10-17-15(22)12-8-6-5-7-9-12/h5-9H,3-4,10-11H2,1-2H3,(H,17,22). The number of benzene rings is 1. The van der Waals surface area contributed by atoms with Crippen LogP contribution in [-0.2, 0) is 11.3 Å². The van der Waals surface area contributed by atoms with Crippen molar-refractivity contribution in [2.75, 3.05) is 18.8 Å². The minimum absolute atomic E-state index is 0.0298. The van der Waals surface area contributed by atoms with Gasteiger partial charge in [-0.05, 0) is 26.0 Å². The number of hydrogen-bond acceptors (Lipinski definition) is 6. The van der Waals surface area contributed by atoms with E-state index in [-0.39, 0.29) is 24.1 Å². The van der Waals surface area contributed by atoms with Gasteiger partial charge in [0, 0.05) is 18.7 Å². The second-order valence-corrected chi connectivity index (χ2v) is 5.79. The summed E-state index contributed by atoms with van der Waals surface area (Å²) in [6.07, 6.45) is 0. The van der Waals surface area contributed by atoms with E-state index in [1.54, 1.807) is 29.2 Å². The van der Waals surface area contributed by atoms with Crippen LogP contribution in [0.25, 0.3) is 0 Å². The second-order valence-electron chi connectivity index (χ2n) is 4.87. The molecule has 0 bridgehead atoms. The van der Waals surface area contributed by atoms with Gasteiger partial charge in [-0.2, -0.15) is 0 Å². The highest BCUT2D eigenvalue weighted by Crippen LogP contribution is 2.16. The van der Waals surface area contributed by atoms with E-state index >= 15 is 0 Å². The summed E-state index contributed by atoms with van der Waals surface area (Å²) in [5.74, 6) is 0.374. The number of thioether (sulfide) groups is 1. The van der Waals surface area contributed by atoms with Gasteiger partial charge in [0.2, 0.25) is 11.8 Å². The van der Waals surface area contributed by atoms with Crippen LogP contribution in [0.3, 0.4) is 0 Å². The largest absolute Gasteiger partial charge is 0.414 e. The molecule has 7 nitrogen and oxygen atoms in total. The molecule has 8 heteroatoms. The van der Waals surface area contributed by atoms with Crippen LogP contribution in [0.2, 0.25) is 0 Å². The summed E-state index contributed by atoms with van der Waals surface area (Å²) < 4.78 is 5.42. The molecule has 0 atom stereocenters. The molecule has 0 aliphatic rings. The molecule has 0 aliphatic carbocycles. The van der Waals surface area contributed by atoms with Gasteiger partial charge in [-0.15, -0.1) is 10.2 Å². The van der Waals surface area contributed by atoms with Gasteiger partial charge in [0.25, 0.3) is 11.1 Å². The Balaban J connectivity index is 1.81. The number of amides is 2. The third-order valence-electron chi connectivity index (χ3n) is 3.32. The maximum atomic E-state index is 11.9. The molecular weight excluding hydrogens is 328 g/mol. The molecule has 0 radical (unpaired) electrons. The van der Waals surface area contributed by atoms with Crippen LogP contribution in [0.1, 0.15) is 30.1 Å². The average Bonchev–Trinajstić information content (AvgIpc) is 3.07. The fourth-order valence-electron chi connectivity index (χ4n) is 2.01. The van der Waals surface area contributed by atoms with E-state index in [2.05, 4.69) is 15.5 Å². The van der Waals surface area contributed by atoms with E-state index in [0.29, 0.717) is 29.8 Å². The first-order valence-corrected chi connectivity index (χ1v) is 8.68. The summed E-state index contributed by atoms with van der Waals surface area (Å²) in [6.45, 7) is 5.37. The Labute approximate surface area is 144 Å². The first-order chi connectivity index (χ1) is 11.6. The van der Waals surface area contributed by atoms with Gasteiger partial charge in [-0.25, -0.2) is 0 Å². The van der Waals surface area contributed by atoms with Gasteiger partial charge < -0.3 is 14.6 Å². The zero-order chi connectivity index (χ0) is 17.4. The maximum Gasteiger partial charge on any atom is 0.277 e. The number of nitrogens with one attached hydrogen (secondary N) is 1. The second kappa shape index (κ2) is 9.07. The third-order valence-corrected chi connectivity index (χ3v) is 4.12. The molecule has 2 aromatic rings. The molecule has 0 fully saturated rings. The molecule has 0 aliphatic heterocycles. The maximum absolute atomic E-state index is 11.9. The van der Waals surface area contributed by atoms with Crippen LogP contribution in [0, 0.1) is 0 Å². The number of carbonyl (C=O) groups excluding carboxylic acids is 2. The SMILES string of the molecule is CCN(CC)C(=O)CSc1nnc(CNC(=O)c2ccccc2)o1. The lowest BCUT2D eigenvalue weighted by Crippen LogP contribution is -2.31. The van der Waals surface area contributed by atoms with Crippen molar-refractivity contribution < 1.29 is 14.0 Å². The highest BCUT2D eigenvalue weighted by atomic mass is 32.2. The molecule has 1 heterocycles. The lowest BCUT2D eigenvalue weighted by Gasteiger charge is -2.17. The molecule has 2 amide bonds. The van der Waals surface area contributed by atoms with Crippen LogP contribution < -0.4 is 5.32 Å². The summed E-state index contributed by atoms with van der Waals surface area (Å²) in [4.78, 5) is 25.6. The van der Waals surface area contributed by atoms with Gasteiger partial charge in [0.15, 0.2) is 0 Å². The zero-order valence-electron chi connectivity index (χ0n) is 13.7. The zero-order valence-corrected chi connectivity index (χ0v) is 14.5. The normalized spacial score (nSPS) is 10.4. The topological polar surface area (TPSA) is 88.3 Å². The van der Waals surface area contributed by atoms with Crippen molar-refractivity contribution in [1.29, 1.82) is 0 Å². The van der Waals surface area contributed by atoms with Crippen LogP contribution >= 0.6 is 11.8 Å². The van der Waals surface area contributed by atoms with Crippen molar-refractivity contribution in [2.45, 2.75) is 25.6 Å². The Kier molecular flexibility index (Phi) is 6.80. The van der Waals surface area contributed by atoms with E-state index in [9.17, 15) is 9.59 Å². The Morgan fingerprint density at radius 2 is 1.88 bits per heavy atom. The molecule has 0 saturated carbocycles. The van der Waals surface area contributed by atoms with E-state index in [4.69, 9.17) is 4.42 Å². The summed E-state index contributed by atoms with van der Waals surface area (Å²) in [5, 5.41) is 10.8. The minimum Gasteiger partial charge on any atom is -0.414 e. The minimum atomic E-state index is -0.209. The van der Waals surface area contributed by atoms with Gasteiger partial charge >= 0.3 is 0 Å². The summed E-state index contributed by atoms with van der Waals surface area (Å²) in [6, 6.07) is 8.89. The Morgan fingerprint density at radius 3 is 2.54 bits per heavy atom. The molecule has 0 saturated heterocycles. The molecule has 128 valence electrons. The van der Waals surface area contributed by atoms with Gasteiger partial charge in [-0.1, -0.05) is 30.0 Å². The van der Waals surface area contributed by atoms with E-state index in [1.165, 1.54) is 11.8 Å². The lowest BCUT2D eigenvalue weighted by atomic mass is 10.2. The first kappa shape index (κ1) is 18.0.